The standard InChI is InChI=1S/C18H16FN5O3/c1-23-16(25)7-6-14(22-23)18(27)20-8-9-24-11-21-15(10-17(24)26)12-2-4-13(19)5-3-12/h2-7,10-11H,8-9H2,1H3,(H,20,27). The quantitative estimate of drug-likeness (QED) is 0.709. The number of halogens is 1. The van der Waals surface area contributed by atoms with Crippen molar-refractivity contribution in [3.05, 3.63) is 81.0 Å². The third-order valence-corrected chi connectivity index (χ3v) is 3.85. The largest absolute Gasteiger partial charge is 0.349 e. The lowest BCUT2D eigenvalue weighted by molar-refractivity contribution is 0.0945. The number of amides is 1. The zero-order valence-electron chi connectivity index (χ0n) is 14.4. The van der Waals surface area contributed by atoms with Crippen LogP contribution in [0.15, 0.2) is 58.4 Å². The lowest BCUT2D eigenvalue weighted by Crippen LogP contribution is -2.32. The van der Waals surface area contributed by atoms with Crippen LogP contribution in [0.3, 0.4) is 0 Å². The molecule has 0 saturated carbocycles. The Balaban J connectivity index is 1.63. The maximum absolute atomic E-state index is 13.0. The summed E-state index contributed by atoms with van der Waals surface area (Å²) in [6.07, 6.45) is 1.37. The molecule has 2 aromatic heterocycles. The Bertz CT molecular complexity index is 1090. The average Bonchev–Trinajstić information content (AvgIpc) is 2.65. The normalized spacial score (nSPS) is 10.6. The molecule has 3 rings (SSSR count). The molecule has 0 fully saturated rings. The molecule has 0 atom stereocenters. The van der Waals surface area contributed by atoms with Crippen molar-refractivity contribution in [3.8, 4) is 11.3 Å². The van der Waals surface area contributed by atoms with Crippen molar-refractivity contribution in [1.29, 1.82) is 0 Å². The van der Waals surface area contributed by atoms with E-state index < -0.39 is 5.91 Å². The van der Waals surface area contributed by atoms with Crippen molar-refractivity contribution in [3.63, 3.8) is 0 Å². The number of aromatic nitrogens is 4. The van der Waals surface area contributed by atoms with Crippen LogP contribution in [-0.2, 0) is 13.6 Å². The Morgan fingerprint density at radius 1 is 1.11 bits per heavy atom. The summed E-state index contributed by atoms with van der Waals surface area (Å²) in [7, 11) is 1.45. The maximum Gasteiger partial charge on any atom is 0.271 e. The average molecular weight is 369 g/mol. The van der Waals surface area contributed by atoms with Gasteiger partial charge < -0.3 is 5.32 Å². The van der Waals surface area contributed by atoms with Crippen LogP contribution in [-0.4, -0.2) is 31.8 Å². The Morgan fingerprint density at radius 3 is 2.52 bits per heavy atom. The molecule has 0 unspecified atom stereocenters. The van der Waals surface area contributed by atoms with E-state index in [9.17, 15) is 18.8 Å². The molecular weight excluding hydrogens is 353 g/mol. The minimum Gasteiger partial charge on any atom is -0.349 e. The van der Waals surface area contributed by atoms with Gasteiger partial charge in [0.25, 0.3) is 17.0 Å². The first-order valence-electron chi connectivity index (χ1n) is 8.09. The number of hydrogen-bond acceptors (Lipinski definition) is 5. The van der Waals surface area contributed by atoms with Gasteiger partial charge in [-0.05, 0) is 30.3 Å². The third-order valence-electron chi connectivity index (χ3n) is 3.85. The van der Waals surface area contributed by atoms with E-state index in [0.29, 0.717) is 11.3 Å². The number of carbonyl (C=O) groups is 1. The van der Waals surface area contributed by atoms with Crippen molar-refractivity contribution < 1.29 is 9.18 Å². The van der Waals surface area contributed by atoms with Crippen molar-refractivity contribution in [2.24, 2.45) is 7.05 Å². The van der Waals surface area contributed by atoms with Gasteiger partial charge in [0.2, 0.25) is 0 Å². The topological polar surface area (TPSA) is 98.9 Å². The fourth-order valence-corrected chi connectivity index (χ4v) is 2.38. The molecular formula is C18H16FN5O3. The number of nitrogens with zero attached hydrogens (tertiary/aromatic N) is 4. The Kier molecular flexibility index (Phi) is 5.20. The van der Waals surface area contributed by atoms with Crippen LogP contribution in [0.4, 0.5) is 4.39 Å². The van der Waals surface area contributed by atoms with Crippen molar-refractivity contribution in [2.75, 3.05) is 6.54 Å². The molecule has 0 aliphatic heterocycles. The summed E-state index contributed by atoms with van der Waals surface area (Å²) in [4.78, 5) is 39.7. The maximum atomic E-state index is 13.0. The van der Waals surface area contributed by atoms with E-state index in [0.717, 1.165) is 4.68 Å². The van der Waals surface area contributed by atoms with Gasteiger partial charge in [0.15, 0.2) is 0 Å². The molecule has 8 nitrogen and oxygen atoms in total. The minimum atomic E-state index is -0.449. The van der Waals surface area contributed by atoms with Gasteiger partial charge in [0.05, 0.1) is 12.0 Å². The highest BCUT2D eigenvalue weighted by Gasteiger charge is 2.08. The summed E-state index contributed by atoms with van der Waals surface area (Å²) in [5, 5.41) is 6.48. The molecule has 138 valence electrons. The highest BCUT2D eigenvalue weighted by atomic mass is 19.1. The van der Waals surface area contributed by atoms with Crippen LogP contribution in [0.5, 0.6) is 0 Å². The summed E-state index contributed by atoms with van der Waals surface area (Å²) in [6, 6.07) is 9.62. The van der Waals surface area contributed by atoms with Gasteiger partial charge in [-0.15, -0.1) is 0 Å². The number of aryl methyl sites for hydroxylation is 1. The number of carbonyl (C=O) groups excluding carboxylic acids is 1. The minimum absolute atomic E-state index is 0.106. The molecule has 0 spiro atoms. The molecule has 0 aliphatic carbocycles. The fourth-order valence-electron chi connectivity index (χ4n) is 2.38. The lowest BCUT2D eigenvalue weighted by atomic mass is 10.1. The summed E-state index contributed by atoms with van der Waals surface area (Å²) in [5.74, 6) is -0.814. The molecule has 0 bridgehead atoms. The first kappa shape index (κ1) is 18.2. The van der Waals surface area contributed by atoms with Crippen LogP contribution in [0, 0.1) is 5.82 Å². The molecule has 0 aliphatic rings. The van der Waals surface area contributed by atoms with Crippen LogP contribution >= 0.6 is 0 Å². The number of benzene rings is 1. The van der Waals surface area contributed by atoms with Gasteiger partial charge >= 0.3 is 0 Å². The Hall–Kier alpha value is -3.62. The van der Waals surface area contributed by atoms with E-state index in [4.69, 9.17) is 0 Å². The summed E-state index contributed by atoms with van der Waals surface area (Å²) < 4.78 is 15.4. The number of nitrogens with one attached hydrogen (secondary N) is 1. The Labute approximate surface area is 152 Å². The molecule has 1 aromatic carbocycles. The fraction of sp³-hybridized carbons (Fsp3) is 0.167. The molecule has 2 heterocycles. The molecule has 1 N–H and O–H groups in total. The summed E-state index contributed by atoms with van der Waals surface area (Å²) >= 11 is 0. The van der Waals surface area contributed by atoms with Crippen molar-refractivity contribution in [1.82, 2.24) is 24.6 Å². The van der Waals surface area contributed by atoms with Gasteiger partial charge in [-0.3, -0.25) is 19.0 Å². The highest BCUT2D eigenvalue weighted by molar-refractivity contribution is 5.91. The number of rotatable bonds is 5. The van der Waals surface area contributed by atoms with E-state index in [1.807, 2.05) is 0 Å². The van der Waals surface area contributed by atoms with Gasteiger partial charge in [0.1, 0.15) is 11.5 Å². The van der Waals surface area contributed by atoms with E-state index in [1.54, 1.807) is 12.1 Å². The van der Waals surface area contributed by atoms with Crippen molar-refractivity contribution in [2.45, 2.75) is 6.54 Å². The molecule has 9 heteroatoms. The second-order valence-corrected chi connectivity index (χ2v) is 5.75. The van der Waals surface area contributed by atoms with Crippen LogP contribution < -0.4 is 16.4 Å². The second kappa shape index (κ2) is 7.73. The van der Waals surface area contributed by atoms with Gasteiger partial charge in [0, 0.05) is 37.8 Å². The molecule has 27 heavy (non-hydrogen) atoms. The second-order valence-electron chi connectivity index (χ2n) is 5.75. The molecule has 0 saturated heterocycles. The van der Waals surface area contributed by atoms with Crippen molar-refractivity contribution >= 4 is 5.91 Å². The zero-order chi connectivity index (χ0) is 19.4. The third kappa shape index (κ3) is 4.32. The monoisotopic (exact) mass is 369 g/mol. The summed E-state index contributed by atoms with van der Waals surface area (Å²) in [6.45, 7) is 0.397. The predicted molar refractivity (Wildman–Crippen MR) is 95.7 cm³/mol. The molecule has 0 radical (unpaired) electrons. The van der Waals surface area contributed by atoms with Gasteiger partial charge in [-0.2, -0.15) is 5.10 Å². The molecule has 1 amide bonds. The van der Waals surface area contributed by atoms with Crippen LogP contribution in [0.1, 0.15) is 10.5 Å². The van der Waals surface area contributed by atoms with Crippen LogP contribution in [0.25, 0.3) is 11.3 Å². The van der Waals surface area contributed by atoms with Gasteiger partial charge in [-0.1, -0.05) is 0 Å². The first-order chi connectivity index (χ1) is 12.9. The first-order valence-corrected chi connectivity index (χ1v) is 8.09. The number of hydrogen-bond donors (Lipinski definition) is 1. The predicted octanol–water partition coefficient (Wildman–Crippen LogP) is 0.573. The van der Waals surface area contributed by atoms with E-state index in [1.165, 1.54) is 48.3 Å². The van der Waals surface area contributed by atoms with E-state index in [-0.39, 0.29) is 35.7 Å². The van der Waals surface area contributed by atoms with Gasteiger partial charge in [-0.25, -0.2) is 14.1 Å². The SMILES string of the molecule is Cn1nc(C(=O)NCCn2cnc(-c3ccc(F)cc3)cc2=O)ccc1=O. The van der Waals surface area contributed by atoms with E-state index >= 15 is 0 Å². The Morgan fingerprint density at radius 2 is 1.85 bits per heavy atom. The van der Waals surface area contributed by atoms with Crippen LogP contribution in [0.2, 0.25) is 0 Å². The zero-order valence-corrected chi connectivity index (χ0v) is 14.4. The highest BCUT2D eigenvalue weighted by Crippen LogP contribution is 2.14. The summed E-state index contributed by atoms with van der Waals surface area (Å²) in [5.41, 5.74) is 0.572. The van der Waals surface area contributed by atoms with E-state index in [2.05, 4.69) is 15.4 Å². The molecule has 3 aromatic rings. The smallest absolute Gasteiger partial charge is 0.271 e. The lowest BCUT2D eigenvalue weighted by Gasteiger charge is -2.08.